The van der Waals surface area contributed by atoms with Crippen LogP contribution in [0.25, 0.3) is 0 Å². The zero-order valence-corrected chi connectivity index (χ0v) is 23.8. The molecule has 6 unspecified atom stereocenters. The van der Waals surface area contributed by atoms with Gasteiger partial charge in [0.2, 0.25) is 0 Å². The highest BCUT2D eigenvalue weighted by molar-refractivity contribution is 5.77. The van der Waals surface area contributed by atoms with Crippen molar-refractivity contribution in [2.45, 2.75) is 157 Å². The number of carbonyl (C=O) groups excluding carboxylic acids is 1. The summed E-state index contributed by atoms with van der Waals surface area (Å²) in [5.74, 6) is 2.86. The number of hydrogen-bond acceptors (Lipinski definition) is 2. The Balaban J connectivity index is 0.000000914. The number of ketones is 1. The number of hydrogen-bond donors (Lipinski definition) is 1. The normalized spacial score (nSPS) is 43.6. The Labute approximate surface area is 207 Å². The average Bonchev–Trinajstić information content (AvgIpc) is 3.27. The summed E-state index contributed by atoms with van der Waals surface area (Å²) in [6.45, 7) is 17.7. The van der Waals surface area contributed by atoms with Crippen LogP contribution in [0.1, 0.15) is 152 Å². The lowest BCUT2D eigenvalue weighted by Crippen LogP contribution is -2.62. The fourth-order valence-corrected chi connectivity index (χ4v) is 9.79. The predicted octanol–water partition coefficient (Wildman–Crippen LogP) is 9.10. The molecule has 2 heteroatoms. The van der Waals surface area contributed by atoms with Crippen LogP contribution in [-0.4, -0.2) is 11.3 Å². The fourth-order valence-electron chi connectivity index (χ4n) is 9.79. The first-order chi connectivity index (χ1) is 15.8. The van der Waals surface area contributed by atoms with E-state index in [1.165, 1.54) is 77.0 Å². The van der Waals surface area contributed by atoms with E-state index >= 15 is 0 Å². The van der Waals surface area contributed by atoms with Crippen molar-refractivity contribution >= 4 is 5.78 Å². The van der Waals surface area contributed by atoms with Gasteiger partial charge in [-0.2, -0.15) is 0 Å². The van der Waals surface area contributed by atoms with Gasteiger partial charge in [-0.15, -0.1) is 0 Å². The molecule has 0 bridgehead atoms. The molecule has 4 aliphatic carbocycles. The van der Waals surface area contributed by atoms with Crippen molar-refractivity contribution in [3.8, 4) is 0 Å². The standard InChI is InChI=1S/C27H47NO.2C2H6/c1-5-20-19-26(25(4)16-7-8-18-27(20,25)28)17-10-15-24(3)21(13-14-23(24)26)11-9-12-22(29)6-2;2*1-2/h20-21,23H,5-19,28H2,1-4H3;2*1-2H3/t20-,21?,23?,24?,25?,26?,27?;;/m0../s1. The second-order valence-electron chi connectivity index (χ2n) is 12.0. The van der Waals surface area contributed by atoms with Crippen LogP contribution in [-0.2, 0) is 4.79 Å². The second kappa shape index (κ2) is 11.6. The molecular formula is C31H59NO. The highest BCUT2D eigenvalue weighted by Crippen LogP contribution is 2.77. The van der Waals surface area contributed by atoms with Crippen molar-refractivity contribution in [3.63, 3.8) is 0 Å². The molecule has 194 valence electrons. The largest absolute Gasteiger partial charge is 0.324 e. The lowest BCUT2D eigenvalue weighted by Gasteiger charge is -2.62. The van der Waals surface area contributed by atoms with E-state index in [0.717, 1.165) is 30.6 Å². The van der Waals surface area contributed by atoms with E-state index in [4.69, 9.17) is 5.73 Å². The maximum absolute atomic E-state index is 11.8. The summed E-state index contributed by atoms with van der Waals surface area (Å²) in [6, 6.07) is 0. The summed E-state index contributed by atoms with van der Waals surface area (Å²) in [6.07, 6.45) is 19.0. The Hall–Kier alpha value is -0.370. The fraction of sp³-hybridized carbons (Fsp3) is 0.968. The van der Waals surface area contributed by atoms with Gasteiger partial charge in [0.1, 0.15) is 5.78 Å². The molecule has 2 N–H and O–H groups in total. The average molecular weight is 462 g/mol. The van der Waals surface area contributed by atoms with Gasteiger partial charge in [-0.05, 0) is 91.8 Å². The lowest BCUT2D eigenvalue weighted by atomic mass is 9.44. The summed E-state index contributed by atoms with van der Waals surface area (Å²) < 4.78 is 0. The lowest BCUT2D eigenvalue weighted by molar-refractivity contribution is -0.120. The van der Waals surface area contributed by atoms with Crippen LogP contribution in [0, 0.1) is 34.0 Å². The van der Waals surface area contributed by atoms with E-state index in [9.17, 15) is 4.79 Å². The van der Waals surface area contributed by atoms with Crippen molar-refractivity contribution in [2.75, 3.05) is 0 Å². The smallest absolute Gasteiger partial charge is 0.132 e. The molecule has 4 saturated carbocycles. The number of nitrogens with two attached hydrogens (primary N) is 1. The Bertz CT molecular complexity index is 630. The van der Waals surface area contributed by atoms with Crippen LogP contribution >= 0.6 is 0 Å². The SMILES string of the molecule is CC.CC.CCC(=O)CCCC1CCC2C1(C)CCCC21C[C@H](CC)C2(N)CCCCC12C. The van der Waals surface area contributed by atoms with E-state index in [0.29, 0.717) is 28.4 Å². The van der Waals surface area contributed by atoms with Crippen molar-refractivity contribution < 1.29 is 4.79 Å². The molecule has 4 rings (SSSR count). The first kappa shape index (κ1) is 28.9. The molecule has 7 atom stereocenters. The predicted molar refractivity (Wildman–Crippen MR) is 144 cm³/mol. The Morgan fingerprint density at radius 1 is 0.879 bits per heavy atom. The maximum Gasteiger partial charge on any atom is 0.132 e. The van der Waals surface area contributed by atoms with Crippen LogP contribution in [0.4, 0.5) is 0 Å². The third kappa shape index (κ3) is 4.49. The molecule has 0 aliphatic heterocycles. The zero-order chi connectivity index (χ0) is 24.9. The minimum Gasteiger partial charge on any atom is -0.324 e. The minimum atomic E-state index is 0.0733. The monoisotopic (exact) mass is 461 g/mol. The number of rotatable bonds is 6. The molecule has 1 spiro atoms. The van der Waals surface area contributed by atoms with E-state index in [2.05, 4.69) is 20.8 Å². The van der Waals surface area contributed by atoms with E-state index in [-0.39, 0.29) is 5.54 Å². The Morgan fingerprint density at radius 3 is 2.18 bits per heavy atom. The van der Waals surface area contributed by atoms with Gasteiger partial charge in [0, 0.05) is 18.4 Å². The van der Waals surface area contributed by atoms with E-state index in [1.54, 1.807) is 0 Å². The molecule has 33 heavy (non-hydrogen) atoms. The minimum absolute atomic E-state index is 0.0733. The van der Waals surface area contributed by atoms with Crippen molar-refractivity contribution in [1.82, 2.24) is 0 Å². The maximum atomic E-state index is 11.8. The summed E-state index contributed by atoms with van der Waals surface area (Å²) in [7, 11) is 0. The van der Waals surface area contributed by atoms with Gasteiger partial charge in [-0.1, -0.05) is 81.1 Å². The Morgan fingerprint density at radius 2 is 1.55 bits per heavy atom. The van der Waals surface area contributed by atoms with Gasteiger partial charge in [-0.25, -0.2) is 0 Å². The molecule has 0 aromatic heterocycles. The van der Waals surface area contributed by atoms with Gasteiger partial charge in [0.05, 0.1) is 0 Å². The molecule has 0 radical (unpaired) electrons. The quantitative estimate of drug-likeness (QED) is 0.428. The molecule has 0 saturated heterocycles. The van der Waals surface area contributed by atoms with Gasteiger partial charge in [-0.3, -0.25) is 4.79 Å². The molecular weight excluding hydrogens is 402 g/mol. The van der Waals surface area contributed by atoms with Crippen LogP contribution in [0.5, 0.6) is 0 Å². The van der Waals surface area contributed by atoms with Gasteiger partial charge in [0.25, 0.3) is 0 Å². The Kier molecular flexibility index (Phi) is 10.1. The number of Topliss-reactive ketones (excluding diaryl/α,β-unsaturated/α-hetero) is 1. The summed E-state index contributed by atoms with van der Waals surface area (Å²) in [5.41, 5.74) is 8.78. The molecule has 4 aliphatic rings. The molecule has 0 aromatic carbocycles. The van der Waals surface area contributed by atoms with Crippen LogP contribution in [0.2, 0.25) is 0 Å². The number of fused-ring (bicyclic) bond motifs is 4. The molecule has 0 heterocycles. The summed E-state index contributed by atoms with van der Waals surface area (Å²) in [4.78, 5) is 11.8. The summed E-state index contributed by atoms with van der Waals surface area (Å²) in [5, 5.41) is 0. The zero-order valence-electron chi connectivity index (χ0n) is 23.8. The second-order valence-corrected chi connectivity index (χ2v) is 12.0. The first-order valence-corrected chi connectivity index (χ1v) is 15.1. The van der Waals surface area contributed by atoms with Crippen molar-refractivity contribution in [2.24, 2.45) is 39.7 Å². The van der Waals surface area contributed by atoms with Crippen LogP contribution in [0.15, 0.2) is 0 Å². The number of carbonyl (C=O) groups is 1. The van der Waals surface area contributed by atoms with Gasteiger partial charge >= 0.3 is 0 Å². The van der Waals surface area contributed by atoms with E-state index < -0.39 is 0 Å². The topological polar surface area (TPSA) is 43.1 Å². The molecule has 4 fully saturated rings. The van der Waals surface area contributed by atoms with Crippen molar-refractivity contribution in [1.29, 1.82) is 0 Å². The van der Waals surface area contributed by atoms with E-state index in [1.807, 2.05) is 34.6 Å². The molecule has 2 nitrogen and oxygen atoms in total. The van der Waals surface area contributed by atoms with Crippen LogP contribution in [0.3, 0.4) is 0 Å². The van der Waals surface area contributed by atoms with Gasteiger partial charge in [0.15, 0.2) is 0 Å². The highest BCUT2D eigenvalue weighted by atomic mass is 16.1. The van der Waals surface area contributed by atoms with Crippen molar-refractivity contribution in [3.05, 3.63) is 0 Å². The van der Waals surface area contributed by atoms with Crippen LogP contribution < -0.4 is 5.73 Å². The third-order valence-electron chi connectivity index (χ3n) is 11.4. The molecule has 0 amide bonds. The summed E-state index contributed by atoms with van der Waals surface area (Å²) >= 11 is 0. The molecule has 0 aromatic rings. The van der Waals surface area contributed by atoms with Gasteiger partial charge < -0.3 is 5.73 Å². The highest BCUT2D eigenvalue weighted by Gasteiger charge is 2.72. The third-order valence-corrected chi connectivity index (χ3v) is 11.4. The first-order valence-electron chi connectivity index (χ1n) is 15.1.